The Hall–Kier alpha value is 0.720. The maximum atomic E-state index is 6.62. The first-order chi connectivity index (χ1) is 14.3. The van der Waals surface area contributed by atoms with Crippen molar-refractivity contribution < 1.29 is 0 Å². The van der Waals surface area contributed by atoms with Crippen molar-refractivity contribution in [2.24, 2.45) is 0 Å². The third kappa shape index (κ3) is 28.7. The molecule has 2 heteroatoms. The molecule has 0 spiro atoms. The second kappa shape index (κ2) is 20.3. The van der Waals surface area contributed by atoms with Crippen LogP contribution in [0.25, 0.3) is 0 Å². The van der Waals surface area contributed by atoms with Gasteiger partial charge in [0, 0.05) is 0 Å². The second-order valence-electron chi connectivity index (χ2n) is 11.4. The van der Waals surface area contributed by atoms with E-state index in [0.717, 1.165) is 0 Å². The summed E-state index contributed by atoms with van der Waals surface area (Å²) in [6.45, 7) is 9.15. The molecular weight excluding hydrogens is 403 g/mol. The summed E-state index contributed by atoms with van der Waals surface area (Å²) < 4.78 is 0. The molecule has 0 saturated heterocycles. The molecule has 0 atom stereocenters. The number of halogens is 1. The van der Waals surface area contributed by atoms with E-state index in [-0.39, 0.29) is 0 Å². The topological polar surface area (TPSA) is 0 Å². The minimum atomic E-state index is -1.76. The van der Waals surface area contributed by atoms with Gasteiger partial charge in [-0.2, -0.15) is 0 Å². The Labute approximate surface area is 197 Å². The Morgan fingerprint density at radius 1 is 0.367 bits per heavy atom. The zero-order chi connectivity index (χ0) is 22.4. The van der Waals surface area contributed by atoms with Crippen molar-refractivity contribution in [3.63, 3.8) is 0 Å². The zero-order valence-electron chi connectivity index (χ0n) is 21.8. The van der Waals surface area contributed by atoms with Crippen LogP contribution in [0.3, 0.4) is 0 Å². The molecule has 0 aromatic carbocycles. The molecule has 0 bridgehead atoms. The quantitative estimate of drug-likeness (QED) is 0.0987. The van der Waals surface area contributed by atoms with E-state index in [1.807, 2.05) is 0 Å². The van der Waals surface area contributed by atoms with Crippen LogP contribution in [0, 0.1) is 0 Å². The summed E-state index contributed by atoms with van der Waals surface area (Å²) in [6.07, 6.45) is 34.7. The van der Waals surface area contributed by atoms with E-state index >= 15 is 0 Å². The molecule has 0 unspecified atom stereocenters. The van der Waals surface area contributed by atoms with Gasteiger partial charge in [-0.05, 0) is 0 Å². The van der Waals surface area contributed by atoms with Crippen LogP contribution in [0.15, 0.2) is 0 Å². The van der Waals surface area contributed by atoms with E-state index in [9.17, 15) is 0 Å². The van der Waals surface area contributed by atoms with Gasteiger partial charge in [-0.25, -0.2) is 0 Å². The van der Waals surface area contributed by atoms with Crippen molar-refractivity contribution in [3.8, 4) is 0 Å². The van der Waals surface area contributed by atoms with Crippen LogP contribution < -0.4 is 0 Å². The molecule has 0 nitrogen and oxygen atoms in total. The Kier molecular flexibility index (Phi) is 20.8. The van der Waals surface area contributed by atoms with Crippen LogP contribution in [0.2, 0.25) is 0 Å². The monoisotopic (exact) mass is 462 g/mol. The molecule has 0 rings (SSSR count). The normalized spacial score (nSPS) is 13.4. The Bertz CT molecular complexity index is 335. The molecule has 0 amide bonds. The molecule has 0 aromatic heterocycles. The van der Waals surface area contributed by atoms with E-state index in [0.29, 0.717) is 0 Å². The van der Waals surface area contributed by atoms with Crippen LogP contribution in [-0.2, 0) is 0 Å². The van der Waals surface area contributed by atoms with Gasteiger partial charge in [0.15, 0.2) is 0 Å². The van der Waals surface area contributed by atoms with Gasteiger partial charge in [0.2, 0.25) is 0 Å². The summed E-state index contributed by atoms with van der Waals surface area (Å²) in [7, 11) is 0. The summed E-state index contributed by atoms with van der Waals surface area (Å²) in [5.74, 6) is -1.76. The van der Waals surface area contributed by atoms with Gasteiger partial charge in [-0.1, -0.05) is 84.0 Å². The van der Waals surface area contributed by atoms with Crippen LogP contribution in [0.4, 0.5) is 0 Å². The van der Waals surface area contributed by atoms with E-state index in [4.69, 9.17) is 11.2 Å². The predicted molar refractivity (Wildman–Crippen MR) is 147 cm³/mol. The van der Waals surface area contributed by atoms with Crippen LogP contribution in [0.5, 0.6) is 0 Å². The fourth-order valence-corrected chi connectivity index (χ4v) is 6.08. The summed E-state index contributed by atoms with van der Waals surface area (Å²) in [6, 6.07) is 0. The van der Waals surface area contributed by atoms with Gasteiger partial charge in [-0.15, -0.1) is 0 Å². The van der Waals surface area contributed by atoms with E-state index in [2.05, 4.69) is 26.9 Å². The van der Waals surface area contributed by atoms with Crippen molar-refractivity contribution in [1.82, 2.24) is 0 Å². The summed E-state index contributed by atoms with van der Waals surface area (Å²) in [4.78, 5) is 0. The van der Waals surface area contributed by atoms with Gasteiger partial charge < -0.3 is 0 Å². The van der Waals surface area contributed by atoms with E-state index in [1.165, 1.54) is 154 Å². The Morgan fingerprint density at radius 2 is 0.567 bits per heavy atom. The van der Waals surface area contributed by atoms with E-state index in [1.54, 1.807) is 0 Å². The third-order valence-electron chi connectivity index (χ3n) is 6.52. The zero-order valence-corrected chi connectivity index (χ0v) is 23.4. The fourth-order valence-electron chi connectivity index (χ4n) is 4.43. The first-order valence-corrected chi connectivity index (χ1v) is 18.7. The second-order valence-corrected chi connectivity index (χ2v) is 21.5. The van der Waals surface area contributed by atoms with Crippen LogP contribution >= 0.6 is 17.2 Å². The molecule has 0 N–H and O–H groups in total. The minimum absolute atomic E-state index is 1.26. The molecule has 0 aromatic rings. The average Bonchev–Trinajstić information content (AvgIpc) is 2.67. The maximum absolute atomic E-state index is 6.62. The number of rotatable bonds is 24. The molecule has 0 heterocycles. The predicted octanol–water partition coefficient (Wildman–Crippen LogP) is 11.6. The first kappa shape index (κ1) is 30.7. The SMILES string of the molecule is CCCCCCCCCCCCCCCCCCCCCCCCCP(C)(C)(C)Cl. The van der Waals surface area contributed by atoms with Crippen molar-refractivity contribution in [2.75, 3.05) is 26.2 Å². The van der Waals surface area contributed by atoms with Gasteiger partial charge in [-0.3, -0.25) is 0 Å². The number of hydrogen-bond acceptors (Lipinski definition) is 0. The van der Waals surface area contributed by atoms with Gasteiger partial charge in [0.05, 0.1) is 0 Å². The molecule has 0 fully saturated rings. The Balaban J connectivity index is 3.07. The summed E-state index contributed by atoms with van der Waals surface area (Å²) in [5.41, 5.74) is 0. The van der Waals surface area contributed by atoms with Crippen molar-refractivity contribution in [3.05, 3.63) is 0 Å². The fraction of sp³-hybridized carbons (Fsp3) is 1.00. The molecule has 30 heavy (non-hydrogen) atoms. The molecule has 0 radical (unpaired) electrons. The molecule has 0 aliphatic rings. The third-order valence-corrected chi connectivity index (χ3v) is 8.85. The van der Waals surface area contributed by atoms with Crippen LogP contribution in [0.1, 0.15) is 155 Å². The number of unbranched alkanes of at least 4 members (excludes halogenated alkanes) is 22. The standard InChI is InChI=1S/C28H60ClP/c1-5-6-7-8-9-10-11-12-13-14-15-16-17-18-19-20-21-22-23-24-25-26-27-28-30(2,3,4)29/h5-28H2,1-4H3. The summed E-state index contributed by atoms with van der Waals surface area (Å²) >= 11 is 6.62. The number of hydrogen-bond donors (Lipinski definition) is 0. The molecule has 0 aliphatic heterocycles. The van der Waals surface area contributed by atoms with E-state index < -0.39 is 5.96 Å². The molecule has 184 valence electrons. The van der Waals surface area contributed by atoms with Gasteiger partial charge in [0.1, 0.15) is 0 Å². The van der Waals surface area contributed by atoms with Crippen molar-refractivity contribution in [1.29, 1.82) is 0 Å². The molecular formula is C28H60ClP. The average molecular weight is 463 g/mol. The molecule has 0 saturated carbocycles. The first-order valence-electron chi connectivity index (χ1n) is 14.0. The van der Waals surface area contributed by atoms with Crippen molar-refractivity contribution in [2.45, 2.75) is 155 Å². The van der Waals surface area contributed by atoms with Gasteiger partial charge in [0.25, 0.3) is 0 Å². The van der Waals surface area contributed by atoms with Gasteiger partial charge >= 0.3 is 114 Å². The van der Waals surface area contributed by atoms with Crippen LogP contribution in [-0.4, -0.2) is 26.2 Å². The molecule has 0 aliphatic carbocycles. The summed E-state index contributed by atoms with van der Waals surface area (Å²) in [5, 5.41) is 0. The Morgan fingerprint density at radius 3 is 0.767 bits per heavy atom. The van der Waals surface area contributed by atoms with Crippen molar-refractivity contribution >= 4 is 17.2 Å².